The van der Waals surface area contributed by atoms with Crippen molar-refractivity contribution in [1.29, 1.82) is 0 Å². The predicted octanol–water partition coefficient (Wildman–Crippen LogP) is 7.27. The first-order valence-electron chi connectivity index (χ1n) is 11.3. The van der Waals surface area contributed by atoms with Crippen LogP contribution in [0, 0.1) is 0 Å². The van der Waals surface area contributed by atoms with Crippen LogP contribution in [-0.4, -0.2) is 30.0 Å². The molecule has 3 aromatic carbocycles. The highest BCUT2D eigenvalue weighted by Crippen LogP contribution is 2.29. The molecule has 0 N–H and O–H groups in total. The third-order valence-corrected chi connectivity index (χ3v) is 6.28. The summed E-state index contributed by atoms with van der Waals surface area (Å²) < 4.78 is 10.7. The molecule has 0 aliphatic rings. The maximum absolute atomic E-state index is 5.34. The summed E-state index contributed by atoms with van der Waals surface area (Å²) in [5.74, 6) is 3.09. The van der Waals surface area contributed by atoms with Gasteiger partial charge in [-0.3, -0.25) is 0 Å². The van der Waals surface area contributed by atoms with E-state index in [0.717, 1.165) is 41.2 Å². The molecule has 5 heteroatoms. The Morgan fingerprint density at radius 2 is 1.33 bits per heavy atom. The molecule has 174 valence electrons. The van der Waals surface area contributed by atoms with Gasteiger partial charge in [0.2, 0.25) is 0 Å². The van der Waals surface area contributed by atoms with E-state index in [9.17, 15) is 0 Å². The molecule has 0 atom stereocenters. The smallest absolute Gasteiger partial charge is 0.164 e. The van der Waals surface area contributed by atoms with Crippen LogP contribution in [0.2, 0.25) is 0 Å². The summed E-state index contributed by atoms with van der Waals surface area (Å²) in [7, 11) is 3.39. The van der Waals surface area contributed by atoms with Crippen molar-refractivity contribution in [2.75, 3.05) is 20.0 Å². The van der Waals surface area contributed by atoms with E-state index in [4.69, 9.17) is 14.5 Å². The molecule has 0 amide bonds. The Bertz CT molecular complexity index is 981. The van der Waals surface area contributed by atoms with Crippen LogP contribution in [0.4, 0.5) is 5.69 Å². The van der Waals surface area contributed by atoms with Crippen molar-refractivity contribution in [3.8, 4) is 11.5 Å². The molecule has 0 spiro atoms. The van der Waals surface area contributed by atoms with Gasteiger partial charge in [-0.2, -0.15) is 0 Å². The summed E-state index contributed by atoms with van der Waals surface area (Å²) in [4.78, 5) is 7.54. The topological polar surface area (TPSA) is 34.1 Å². The molecule has 3 aromatic rings. The molecule has 0 radical (unpaired) electrons. The van der Waals surface area contributed by atoms with Crippen molar-refractivity contribution in [2.45, 2.75) is 39.8 Å². The molecule has 0 aromatic heterocycles. The Balaban J connectivity index is 1.99. The molecule has 0 heterocycles. The number of para-hydroxylation sites is 1. The number of hydrogen-bond acceptors (Lipinski definition) is 4. The summed E-state index contributed by atoms with van der Waals surface area (Å²) in [5.41, 5.74) is 4.73. The Hall–Kier alpha value is -2.92. The van der Waals surface area contributed by atoms with Crippen LogP contribution < -0.4 is 9.47 Å². The molecule has 3 rings (SSSR count). The van der Waals surface area contributed by atoms with E-state index >= 15 is 0 Å². The van der Waals surface area contributed by atoms with Gasteiger partial charge in [-0.05, 0) is 58.7 Å². The third kappa shape index (κ3) is 7.03. The lowest BCUT2D eigenvalue weighted by molar-refractivity contribution is 0.405. The fraction of sp³-hybridized carbons (Fsp3) is 0.321. The Morgan fingerprint density at radius 1 is 0.818 bits per heavy atom. The molecule has 0 unspecified atom stereocenters. The van der Waals surface area contributed by atoms with Crippen molar-refractivity contribution in [3.63, 3.8) is 0 Å². The molecule has 0 aliphatic heterocycles. The predicted molar refractivity (Wildman–Crippen MR) is 141 cm³/mol. The zero-order chi connectivity index (χ0) is 23.6. The third-order valence-electron chi connectivity index (χ3n) is 5.38. The average molecular weight is 463 g/mol. The minimum atomic E-state index is 0.412. The van der Waals surface area contributed by atoms with Crippen molar-refractivity contribution < 1.29 is 9.47 Å². The number of thioether (sulfide) groups is 1. The summed E-state index contributed by atoms with van der Waals surface area (Å²) in [5, 5.41) is 1.03. The van der Waals surface area contributed by atoms with Gasteiger partial charge >= 0.3 is 0 Å². The number of rotatable bonds is 9. The summed E-state index contributed by atoms with van der Waals surface area (Å²) in [6.07, 6.45) is 0. The number of methoxy groups -OCH3 is 2. The van der Waals surface area contributed by atoms with E-state index < -0.39 is 0 Å². The van der Waals surface area contributed by atoms with E-state index in [1.165, 1.54) is 16.7 Å². The molecule has 0 aliphatic carbocycles. The van der Waals surface area contributed by atoms with Gasteiger partial charge < -0.3 is 14.4 Å². The Morgan fingerprint density at radius 3 is 1.79 bits per heavy atom. The highest BCUT2D eigenvalue weighted by atomic mass is 32.2. The molecular weight excluding hydrogens is 428 g/mol. The van der Waals surface area contributed by atoms with Crippen LogP contribution in [0.5, 0.6) is 11.5 Å². The quantitative estimate of drug-likeness (QED) is 0.247. The fourth-order valence-corrected chi connectivity index (χ4v) is 4.33. The highest BCUT2D eigenvalue weighted by Gasteiger charge is 2.16. The lowest BCUT2D eigenvalue weighted by Gasteiger charge is -2.26. The zero-order valence-electron chi connectivity index (χ0n) is 20.2. The minimum Gasteiger partial charge on any atom is -0.497 e. The SMILES string of the molecule is CCSC(=Nc1ccccc1C(C)C)N(Cc1ccc(OC)cc1)Cc1ccc(OC)cc1. The van der Waals surface area contributed by atoms with E-state index in [0.29, 0.717) is 5.92 Å². The van der Waals surface area contributed by atoms with Gasteiger partial charge in [-0.15, -0.1) is 0 Å². The van der Waals surface area contributed by atoms with Crippen LogP contribution >= 0.6 is 11.8 Å². The number of nitrogens with zero attached hydrogens (tertiary/aromatic N) is 2. The average Bonchev–Trinajstić information content (AvgIpc) is 2.84. The van der Waals surface area contributed by atoms with E-state index in [1.54, 1.807) is 26.0 Å². The fourth-order valence-electron chi connectivity index (χ4n) is 3.60. The number of benzene rings is 3. The van der Waals surface area contributed by atoms with E-state index in [2.05, 4.69) is 74.2 Å². The van der Waals surface area contributed by atoms with Crippen molar-refractivity contribution in [2.24, 2.45) is 4.99 Å². The summed E-state index contributed by atoms with van der Waals surface area (Å²) >= 11 is 1.78. The standard InChI is InChI=1S/C28H34N2O2S/c1-6-33-28(29-27-10-8-7-9-26(27)21(2)3)30(19-22-11-15-24(31-4)16-12-22)20-23-13-17-25(32-5)18-14-23/h7-18,21H,6,19-20H2,1-5H3. The van der Waals surface area contributed by atoms with Gasteiger partial charge in [0.05, 0.1) is 19.9 Å². The molecule has 0 saturated heterocycles. The molecule has 4 nitrogen and oxygen atoms in total. The lowest BCUT2D eigenvalue weighted by atomic mass is 10.0. The van der Waals surface area contributed by atoms with Crippen LogP contribution in [0.3, 0.4) is 0 Å². The highest BCUT2D eigenvalue weighted by molar-refractivity contribution is 8.13. The number of aliphatic imine (C=N–C) groups is 1. The maximum atomic E-state index is 5.34. The van der Waals surface area contributed by atoms with Crippen molar-refractivity contribution >= 4 is 22.6 Å². The second-order valence-corrected chi connectivity index (χ2v) is 9.32. The summed E-state index contributed by atoms with van der Waals surface area (Å²) in [6.45, 7) is 8.12. The summed E-state index contributed by atoms with van der Waals surface area (Å²) in [6, 6.07) is 25.0. The van der Waals surface area contributed by atoms with Gasteiger partial charge in [0.25, 0.3) is 0 Å². The number of hydrogen-bond donors (Lipinski definition) is 0. The van der Waals surface area contributed by atoms with Crippen LogP contribution in [-0.2, 0) is 13.1 Å². The van der Waals surface area contributed by atoms with Gasteiger partial charge in [0.1, 0.15) is 11.5 Å². The van der Waals surface area contributed by atoms with E-state index in [1.807, 2.05) is 24.3 Å². The second kappa shape index (κ2) is 12.4. The number of ether oxygens (including phenoxy) is 2. The first-order valence-corrected chi connectivity index (χ1v) is 12.3. The monoisotopic (exact) mass is 462 g/mol. The van der Waals surface area contributed by atoms with Gasteiger partial charge in [0.15, 0.2) is 5.17 Å². The largest absolute Gasteiger partial charge is 0.497 e. The zero-order valence-corrected chi connectivity index (χ0v) is 21.1. The van der Waals surface area contributed by atoms with E-state index in [-0.39, 0.29) is 0 Å². The van der Waals surface area contributed by atoms with Crippen molar-refractivity contribution in [1.82, 2.24) is 4.90 Å². The van der Waals surface area contributed by atoms with Gasteiger partial charge in [-0.25, -0.2) is 4.99 Å². The van der Waals surface area contributed by atoms with Gasteiger partial charge in [0, 0.05) is 13.1 Å². The first kappa shape index (κ1) is 24.7. The molecule has 0 bridgehead atoms. The minimum absolute atomic E-state index is 0.412. The number of amidine groups is 1. The molecule has 33 heavy (non-hydrogen) atoms. The maximum Gasteiger partial charge on any atom is 0.164 e. The van der Waals surface area contributed by atoms with Crippen LogP contribution in [0.1, 0.15) is 43.4 Å². The van der Waals surface area contributed by atoms with Crippen LogP contribution in [0.25, 0.3) is 0 Å². The Labute approximate surface area is 202 Å². The van der Waals surface area contributed by atoms with Gasteiger partial charge in [-0.1, -0.05) is 75.0 Å². The Kier molecular flexibility index (Phi) is 9.25. The molecular formula is C28H34N2O2S. The molecule has 0 saturated carbocycles. The molecule has 0 fully saturated rings. The first-order chi connectivity index (χ1) is 16.0. The lowest BCUT2D eigenvalue weighted by Crippen LogP contribution is -2.28. The van der Waals surface area contributed by atoms with Crippen molar-refractivity contribution in [3.05, 3.63) is 89.5 Å². The van der Waals surface area contributed by atoms with Crippen LogP contribution in [0.15, 0.2) is 77.8 Å². The second-order valence-electron chi connectivity index (χ2n) is 8.09. The normalized spacial score (nSPS) is 11.5.